The molecule has 3 rings (SSSR count). The first-order chi connectivity index (χ1) is 14.0. The quantitative estimate of drug-likeness (QED) is 0.559. The summed E-state index contributed by atoms with van der Waals surface area (Å²) in [4.78, 5) is 24.2. The first-order valence-electron chi connectivity index (χ1n) is 8.80. The zero-order valence-electron chi connectivity index (χ0n) is 15.3. The summed E-state index contributed by atoms with van der Waals surface area (Å²) in [5.74, 6) is -0.0202. The van der Waals surface area contributed by atoms with Crippen molar-refractivity contribution in [2.75, 3.05) is 11.9 Å². The van der Waals surface area contributed by atoms with Crippen LogP contribution in [0.3, 0.4) is 0 Å². The van der Waals surface area contributed by atoms with Crippen molar-refractivity contribution < 1.29 is 14.3 Å². The molecule has 0 aliphatic carbocycles. The van der Waals surface area contributed by atoms with Gasteiger partial charge in [-0.25, -0.2) is 0 Å². The van der Waals surface area contributed by atoms with E-state index >= 15 is 0 Å². The van der Waals surface area contributed by atoms with E-state index in [1.807, 2.05) is 12.1 Å². The Morgan fingerprint density at radius 2 is 1.59 bits per heavy atom. The summed E-state index contributed by atoms with van der Waals surface area (Å²) in [6.45, 7) is 0.267. The topological polar surface area (TPSA) is 67.4 Å². The van der Waals surface area contributed by atoms with Crippen LogP contribution in [0.5, 0.6) is 5.75 Å². The number of halogens is 2. The minimum atomic E-state index is -0.264. The molecule has 3 aromatic rings. The minimum absolute atomic E-state index is 0.123. The molecule has 0 aromatic heterocycles. The standard InChI is InChI=1S/C22H18Cl2N2O3/c23-17-8-4-15(5-9-17)13-25-21(27)14-29-20-10-6-16(7-11-20)22(28)26-19-3-1-2-18(24)12-19/h1-12H,13-14H2,(H,25,27)(H,26,28). The van der Waals surface area contributed by atoms with Gasteiger partial charge in [-0.15, -0.1) is 0 Å². The molecule has 0 fully saturated rings. The van der Waals surface area contributed by atoms with E-state index in [-0.39, 0.29) is 18.4 Å². The maximum absolute atomic E-state index is 12.3. The van der Waals surface area contributed by atoms with Gasteiger partial charge in [0, 0.05) is 27.8 Å². The molecule has 0 spiro atoms. The summed E-state index contributed by atoms with van der Waals surface area (Å²) in [6.07, 6.45) is 0. The molecule has 0 unspecified atom stereocenters. The highest BCUT2D eigenvalue weighted by atomic mass is 35.5. The van der Waals surface area contributed by atoms with Crippen molar-refractivity contribution in [1.29, 1.82) is 0 Å². The smallest absolute Gasteiger partial charge is 0.258 e. The Bertz CT molecular complexity index is 990. The van der Waals surface area contributed by atoms with Crippen LogP contribution in [0, 0.1) is 0 Å². The molecule has 29 heavy (non-hydrogen) atoms. The average molecular weight is 429 g/mol. The lowest BCUT2D eigenvalue weighted by molar-refractivity contribution is -0.123. The van der Waals surface area contributed by atoms with E-state index in [2.05, 4.69) is 10.6 Å². The maximum Gasteiger partial charge on any atom is 0.258 e. The molecule has 0 aliphatic heterocycles. The van der Waals surface area contributed by atoms with E-state index in [1.165, 1.54) is 0 Å². The third-order valence-electron chi connectivity index (χ3n) is 3.97. The number of carbonyl (C=O) groups excluding carboxylic acids is 2. The van der Waals surface area contributed by atoms with Gasteiger partial charge in [0.25, 0.3) is 11.8 Å². The first kappa shape index (κ1) is 20.7. The molecule has 0 aliphatic rings. The number of amides is 2. The van der Waals surface area contributed by atoms with E-state index in [4.69, 9.17) is 27.9 Å². The highest BCUT2D eigenvalue weighted by Crippen LogP contribution is 2.17. The third-order valence-corrected chi connectivity index (χ3v) is 4.46. The number of carbonyl (C=O) groups is 2. The van der Waals surface area contributed by atoms with Crippen molar-refractivity contribution >= 4 is 40.7 Å². The summed E-state index contributed by atoms with van der Waals surface area (Å²) in [5, 5.41) is 6.72. The summed E-state index contributed by atoms with van der Waals surface area (Å²) in [7, 11) is 0. The molecule has 0 radical (unpaired) electrons. The van der Waals surface area contributed by atoms with Crippen LogP contribution < -0.4 is 15.4 Å². The molecule has 2 amide bonds. The number of hydrogen-bond acceptors (Lipinski definition) is 3. The molecule has 0 bridgehead atoms. The Hall–Kier alpha value is -3.02. The second-order valence-corrected chi connectivity index (χ2v) is 7.05. The largest absolute Gasteiger partial charge is 0.484 e. The fourth-order valence-electron chi connectivity index (χ4n) is 2.47. The van der Waals surface area contributed by atoms with E-state index in [9.17, 15) is 9.59 Å². The van der Waals surface area contributed by atoms with Gasteiger partial charge < -0.3 is 15.4 Å². The fourth-order valence-corrected chi connectivity index (χ4v) is 2.79. The van der Waals surface area contributed by atoms with Crippen molar-refractivity contribution in [1.82, 2.24) is 5.32 Å². The highest BCUT2D eigenvalue weighted by molar-refractivity contribution is 6.31. The van der Waals surface area contributed by atoms with Gasteiger partial charge in [-0.3, -0.25) is 9.59 Å². The van der Waals surface area contributed by atoms with Gasteiger partial charge in [-0.1, -0.05) is 41.4 Å². The van der Waals surface area contributed by atoms with Gasteiger partial charge in [-0.05, 0) is 60.2 Å². The van der Waals surface area contributed by atoms with Gasteiger partial charge >= 0.3 is 0 Å². The van der Waals surface area contributed by atoms with Crippen molar-refractivity contribution in [3.63, 3.8) is 0 Å². The molecule has 148 valence electrons. The van der Waals surface area contributed by atoms with Crippen LogP contribution in [0.1, 0.15) is 15.9 Å². The SMILES string of the molecule is O=C(COc1ccc(C(=O)Nc2cccc(Cl)c2)cc1)NCc1ccc(Cl)cc1. The predicted molar refractivity (Wildman–Crippen MR) is 115 cm³/mol. The van der Waals surface area contributed by atoms with E-state index in [0.717, 1.165) is 5.56 Å². The van der Waals surface area contributed by atoms with E-state index < -0.39 is 0 Å². The van der Waals surface area contributed by atoms with Crippen molar-refractivity contribution in [3.8, 4) is 5.75 Å². The monoisotopic (exact) mass is 428 g/mol. The molecular weight excluding hydrogens is 411 g/mol. The van der Waals surface area contributed by atoms with Crippen LogP contribution in [-0.4, -0.2) is 18.4 Å². The van der Waals surface area contributed by atoms with E-state index in [0.29, 0.717) is 33.6 Å². The van der Waals surface area contributed by atoms with Crippen LogP contribution in [0.25, 0.3) is 0 Å². The highest BCUT2D eigenvalue weighted by Gasteiger charge is 2.08. The summed E-state index contributed by atoms with van der Waals surface area (Å²) >= 11 is 11.7. The lowest BCUT2D eigenvalue weighted by Crippen LogP contribution is -2.28. The number of rotatable bonds is 7. The molecule has 7 heteroatoms. The lowest BCUT2D eigenvalue weighted by atomic mass is 10.2. The van der Waals surface area contributed by atoms with Crippen LogP contribution in [0.2, 0.25) is 10.0 Å². The second-order valence-electron chi connectivity index (χ2n) is 6.18. The van der Waals surface area contributed by atoms with Crippen LogP contribution in [0.4, 0.5) is 5.69 Å². The average Bonchev–Trinajstić information content (AvgIpc) is 2.72. The van der Waals surface area contributed by atoms with Crippen molar-refractivity contribution in [3.05, 3.63) is 94.0 Å². The number of benzene rings is 3. The molecule has 0 heterocycles. The summed E-state index contributed by atoms with van der Waals surface area (Å²) in [6, 6.07) is 20.7. The van der Waals surface area contributed by atoms with Crippen LogP contribution in [0.15, 0.2) is 72.8 Å². The Kier molecular flexibility index (Phi) is 7.11. The molecule has 5 nitrogen and oxygen atoms in total. The fraction of sp³-hybridized carbons (Fsp3) is 0.0909. The van der Waals surface area contributed by atoms with Gasteiger partial charge in [0.2, 0.25) is 0 Å². The predicted octanol–water partition coefficient (Wildman–Crippen LogP) is 4.94. The Balaban J connectivity index is 1.46. The second kappa shape index (κ2) is 9.96. The van der Waals surface area contributed by atoms with Crippen LogP contribution in [-0.2, 0) is 11.3 Å². The third kappa shape index (κ3) is 6.52. The Morgan fingerprint density at radius 3 is 2.28 bits per heavy atom. The normalized spacial score (nSPS) is 10.3. The molecule has 0 saturated carbocycles. The van der Waals surface area contributed by atoms with Crippen molar-refractivity contribution in [2.45, 2.75) is 6.54 Å². The lowest BCUT2D eigenvalue weighted by Gasteiger charge is -2.09. The molecule has 2 N–H and O–H groups in total. The van der Waals surface area contributed by atoms with Gasteiger partial charge in [-0.2, -0.15) is 0 Å². The van der Waals surface area contributed by atoms with Crippen molar-refractivity contribution in [2.24, 2.45) is 0 Å². The van der Waals surface area contributed by atoms with Gasteiger partial charge in [0.05, 0.1) is 0 Å². The molecule has 3 aromatic carbocycles. The zero-order chi connectivity index (χ0) is 20.6. The minimum Gasteiger partial charge on any atom is -0.484 e. The first-order valence-corrected chi connectivity index (χ1v) is 9.56. The van der Waals surface area contributed by atoms with Crippen LogP contribution >= 0.6 is 23.2 Å². The van der Waals surface area contributed by atoms with Gasteiger partial charge in [0.1, 0.15) is 5.75 Å². The summed E-state index contributed by atoms with van der Waals surface area (Å²) < 4.78 is 5.46. The number of ether oxygens (including phenoxy) is 1. The summed E-state index contributed by atoms with van der Waals surface area (Å²) in [5.41, 5.74) is 2.02. The van der Waals surface area contributed by atoms with Gasteiger partial charge in [0.15, 0.2) is 6.61 Å². The molecule has 0 saturated heterocycles. The molecular formula is C22H18Cl2N2O3. The maximum atomic E-state index is 12.3. The van der Waals surface area contributed by atoms with E-state index in [1.54, 1.807) is 60.7 Å². The Morgan fingerprint density at radius 1 is 0.862 bits per heavy atom. The Labute approximate surface area is 178 Å². The number of anilines is 1. The zero-order valence-corrected chi connectivity index (χ0v) is 16.8. The number of hydrogen-bond donors (Lipinski definition) is 2. The number of nitrogens with one attached hydrogen (secondary N) is 2. The molecule has 0 atom stereocenters.